The summed E-state index contributed by atoms with van der Waals surface area (Å²) in [5.74, 6) is -0.563. The average molecular weight is 831 g/mol. The fraction of sp³-hybridized carbons (Fsp3) is 0.636. The minimum atomic E-state index is -0.600. The Morgan fingerprint density at radius 2 is 0.767 bits per heavy atom. The summed E-state index contributed by atoms with van der Waals surface area (Å²) in [7, 11) is 0. The summed E-state index contributed by atoms with van der Waals surface area (Å²) in [6.45, 7) is 7.45. The molecule has 0 aromatic heterocycles. The van der Waals surface area contributed by atoms with Crippen molar-refractivity contribution in [2.45, 2.75) is 207 Å². The summed E-state index contributed by atoms with van der Waals surface area (Å²) in [6.07, 6.45) is 68.3. The van der Waals surface area contributed by atoms with Crippen molar-refractivity contribution in [3.63, 3.8) is 0 Å². The van der Waals surface area contributed by atoms with E-state index in [9.17, 15) is 9.59 Å². The third-order valence-electron chi connectivity index (χ3n) is 9.82. The first kappa shape index (κ1) is 56.6. The average Bonchev–Trinajstić information content (AvgIpc) is 3.25. The Labute approximate surface area is 370 Å². The standard InChI is InChI=1S/C55H90O5/c1-4-7-10-13-16-19-22-25-27-28-29-31-33-36-39-42-45-48-54(56)59-52-53(51-58-50-47-44-41-38-35-32-26-23-20-17-14-11-8-5-2)60-55(57)49-46-43-40-37-34-30-24-21-18-15-12-9-6-3/h7,9-10,12,16,18-19,21,25,27,29-31,34,36,39-40,43,53H,4-6,8,11,13-15,17,20,22-24,26,28,32-33,35,37-38,41-42,44-52H2,1-3H3/b10-7-,12-9-,19-16-,21-18-,27-25-,31-29-,34-30-,39-36-,43-40-. The molecule has 0 N–H and O–H groups in total. The van der Waals surface area contributed by atoms with E-state index < -0.39 is 6.10 Å². The summed E-state index contributed by atoms with van der Waals surface area (Å²) in [5.41, 5.74) is 0. The van der Waals surface area contributed by atoms with E-state index in [4.69, 9.17) is 14.2 Å². The number of rotatable bonds is 43. The third-order valence-corrected chi connectivity index (χ3v) is 9.82. The van der Waals surface area contributed by atoms with Crippen molar-refractivity contribution in [3.8, 4) is 0 Å². The summed E-state index contributed by atoms with van der Waals surface area (Å²) < 4.78 is 17.2. The van der Waals surface area contributed by atoms with Gasteiger partial charge in [0.05, 0.1) is 6.61 Å². The topological polar surface area (TPSA) is 61.8 Å². The molecule has 1 unspecified atom stereocenters. The van der Waals surface area contributed by atoms with Crippen LogP contribution in [0, 0.1) is 0 Å². The minimum Gasteiger partial charge on any atom is -0.462 e. The Morgan fingerprint density at radius 1 is 0.383 bits per heavy atom. The van der Waals surface area contributed by atoms with Crippen LogP contribution in [-0.2, 0) is 23.8 Å². The van der Waals surface area contributed by atoms with E-state index in [0.29, 0.717) is 19.4 Å². The van der Waals surface area contributed by atoms with Crippen LogP contribution < -0.4 is 0 Å². The first-order valence-corrected chi connectivity index (χ1v) is 24.4. The fourth-order valence-corrected chi connectivity index (χ4v) is 6.26. The zero-order valence-electron chi connectivity index (χ0n) is 38.9. The highest BCUT2D eigenvalue weighted by Crippen LogP contribution is 2.13. The largest absolute Gasteiger partial charge is 0.462 e. The van der Waals surface area contributed by atoms with Gasteiger partial charge in [0.1, 0.15) is 6.61 Å². The van der Waals surface area contributed by atoms with Crippen LogP contribution >= 0.6 is 0 Å². The maximum absolute atomic E-state index is 12.7. The highest BCUT2D eigenvalue weighted by atomic mass is 16.6. The molecule has 0 aromatic rings. The van der Waals surface area contributed by atoms with Crippen molar-refractivity contribution in [3.05, 3.63) is 109 Å². The first-order valence-electron chi connectivity index (χ1n) is 24.4. The van der Waals surface area contributed by atoms with E-state index in [1.54, 1.807) is 0 Å². The lowest BCUT2D eigenvalue weighted by Gasteiger charge is -2.18. The number of carbonyl (C=O) groups excluding carboxylic acids is 2. The number of hydrogen-bond acceptors (Lipinski definition) is 5. The first-order chi connectivity index (χ1) is 29.6. The molecular formula is C55H90O5. The molecule has 0 saturated heterocycles. The molecule has 0 spiro atoms. The van der Waals surface area contributed by atoms with Gasteiger partial charge in [-0.1, -0.05) is 214 Å². The monoisotopic (exact) mass is 831 g/mol. The van der Waals surface area contributed by atoms with Crippen molar-refractivity contribution >= 4 is 11.9 Å². The lowest BCUT2D eigenvalue weighted by Crippen LogP contribution is -2.30. The summed E-state index contributed by atoms with van der Waals surface area (Å²) in [4.78, 5) is 25.3. The SMILES string of the molecule is CC/C=C\C/C=C\C/C=C\C/C=C\C/C=C\CCCC(=O)OCC(COCCCCCCCCCCCCCCCC)OC(=O)CC/C=C\C/C=C\C/C=C\C/C=C\CC. The second-order valence-electron chi connectivity index (χ2n) is 15.6. The molecule has 5 nitrogen and oxygen atoms in total. The Balaban J connectivity index is 4.45. The van der Waals surface area contributed by atoms with Gasteiger partial charge in [-0.3, -0.25) is 9.59 Å². The fourth-order valence-electron chi connectivity index (χ4n) is 6.26. The van der Waals surface area contributed by atoms with Gasteiger partial charge < -0.3 is 14.2 Å². The van der Waals surface area contributed by atoms with Crippen LogP contribution in [-0.4, -0.2) is 37.9 Å². The zero-order valence-corrected chi connectivity index (χ0v) is 38.9. The summed E-state index contributed by atoms with van der Waals surface area (Å²) >= 11 is 0. The molecule has 0 heterocycles. The van der Waals surface area contributed by atoms with Crippen LogP contribution in [0.15, 0.2) is 109 Å². The van der Waals surface area contributed by atoms with Gasteiger partial charge in [0, 0.05) is 19.4 Å². The van der Waals surface area contributed by atoms with Crippen LogP contribution in [0.2, 0.25) is 0 Å². The normalized spacial score (nSPS) is 13.2. The van der Waals surface area contributed by atoms with Crippen LogP contribution in [0.3, 0.4) is 0 Å². The number of allylic oxidation sites excluding steroid dienone is 18. The zero-order chi connectivity index (χ0) is 43.5. The second-order valence-corrected chi connectivity index (χ2v) is 15.6. The molecule has 60 heavy (non-hydrogen) atoms. The van der Waals surface area contributed by atoms with E-state index in [1.165, 1.54) is 77.0 Å². The smallest absolute Gasteiger partial charge is 0.306 e. The van der Waals surface area contributed by atoms with Gasteiger partial charge >= 0.3 is 11.9 Å². The molecular weight excluding hydrogens is 741 g/mol. The molecule has 5 heteroatoms. The molecule has 0 radical (unpaired) electrons. The maximum atomic E-state index is 12.7. The van der Waals surface area contributed by atoms with Gasteiger partial charge in [-0.15, -0.1) is 0 Å². The quantitative estimate of drug-likeness (QED) is 0.0348. The molecule has 0 aromatic carbocycles. The van der Waals surface area contributed by atoms with Crippen LogP contribution in [0.25, 0.3) is 0 Å². The van der Waals surface area contributed by atoms with Crippen LogP contribution in [0.5, 0.6) is 0 Å². The molecule has 0 saturated carbocycles. The highest BCUT2D eigenvalue weighted by molar-refractivity contribution is 5.70. The van der Waals surface area contributed by atoms with Gasteiger partial charge in [0.15, 0.2) is 6.10 Å². The third kappa shape index (κ3) is 47.2. The van der Waals surface area contributed by atoms with Crippen LogP contribution in [0.1, 0.15) is 201 Å². The number of esters is 2. The van der Waals surface area contributed by atoms with Crippen molar-refractivity contribution in [1.29, 1.82) is 0 Å². The van der Waals surface area contributed by atoms with E-state index >= 15 is 0 Å². The van der Waals surface area contributed by atoms with Crippen LogP contribution in [0.4, 0.5) is 0 Å². The minimum absolute atomic E-state index is 0.0228. The summed E-state index contributed by atoms with van der Waals surface area (Å²) in [6, 6.07) is 0. The lowest BCUT2D eigenvalue weighted by molar-refractivity contribution is -0.162. The highest BCUT2D eigenvalue weighted by Gasteiger charge is 2.17. The van der Waals surface area contributed by atoms with Gasteiger partial charge in [-0.05, 0) is 83.5 Å². The van der Waals surface area contributed by atoms with Crippen molar-refractivity contribution in [2.75, 3.05) is 19.8 Å². The molecule has 0 fully saturated rings. The van der Waals surface area contributed by atoms with E-state index in [1.807, 2.05) is 6.08 Å². The number of ether oxygens (including phenoxy) is 3. The Bertz CT molecular complexity index is 1210. The maximum Gasteiger partial charge on any atom is 0.306 e. The van der Waals surface area contributed by atoms with Gasteiger partial charge in [-0.2, -0.15) is 0 Å². The molecule has 340 valence electrons. The second kappa shape index (κ2) is 49.9. The number of carbonyl (C=O) groups is 2. The number of hydrogen-bond donors (Lipinski definition) is 0. The molecule has 0 aliphatic rings. The molecule has 0 aliphatic carbocycles. The molecule has 1 atom stereocenters. The molecule has 0 rings (SSSR count). The lowest BCUT2D eigenvalue weighted by atomic mass is 10.0. The molecule has 0 aliphatic heterocycles. The Kier molecular flexibility index (Phi) is 47.1. The van der Waals surface area contributed by atoms with Crippen molar-refractivity contribution < 1.29 is 23.8 Å². The summed E-state index contributed by atoms with van der Waals surface area (Å²) in [5, 5.41) is 0. The predicted octanol–water partition coefficient (Wildman–Crippen LogP) is 16.4. The molecule has 0 amide bonds. The van der Waals surface area contributed by atoms with Gasteiger partial charge in [-0.25, -0.2) is 0 Å². The molecule has 0 bridgehead atoms. The van der Waals surface area contributed by atoms with Crippen molar-refractivity contribution in [2.24, 2.45) is 0 Å². The van der Waals surface area contributed by atoms with Gasteiger partial charge in [0.25, 0.3) is 0 Å². The Morgan fingerprint density at radius 3 is 1.20 bits per heavy atom. The van der Waals surface area contributed by atoms with E-state index in [2.05, 4.69) is 124 Å². The van der Waals surface area contributed by atoms with E-state index in [0.717, 1.165) is 83.5 Å². The Hall–Kier alpha value is -3.44. The van der Waals surface area contributed by atoms with Gasteiger partial charge in [0.2, 0.25) is 0 Å². The van der Waals surface area contributed by atoms with Crippen molar-refractivity contribution in [1.82, 2.24) is 0 Å². The predicted molar refractivity (Wildman–Crippen MR) is 260 cm³/mol. The van der Waals surface area contributed by atoms with E-state index in [-0.39, 0.29) is 31.6 Å². The number of unbranched alkanes of at least 4 members (excludes halogenated alkanes) is 14.